The van der Waals surface area contributed by atoms with E-state index in [1.165, 1.54) is 23.5 Å². The second-order valence-electron chi connectivity index (χ2n) is 6.40. The van der Waals surface area contributed by atoms with Crippen molar-refractivity contribution >= 4 is 88.1 Å². The molecule has 0 amide bonds. The molecule has 1 aromatic carbocycles. The molecular formula is C20H12O4S4. The molecule has 3 aromatic rings. The fourth-order valence-electron chi connectivity index (χ4n) is 3.33. The molecule has 2 aromatic heterocycles. The average molecular weight is 445 g/mol. The second kappa shape index (κ2) is 6.81. The van der Waals surface area contributed by atoms with Gasteiger partial charge in [0, 0.05) is 28.3 Å². The number of thiophene rings is 2. The third-order valence-electron chi connectivity index (χ3n) is 4.67. The largest absolute Gasteiger partial charge is 0.481 e. The summed E-state index contributed by atoms with van der Waals surface area (Å²) in [6.07, 6.45) is 3.45. The molecule has 8 heteroatoms. The number of hydrogen-bond donors (Lipinski definition) is 2. The molecular weight excluding hydrogens is 432 g/mol. The molecule has 0 saturated carbocycles. The van der Waals surface area contributed by atoms with E-state index in [0.717, 1.165) is 39.0 Å². The molecule has 4 heterocycles. The van der Waals surface area contributed by atoms with Gasteiger partial charge in [-0.2, -0.15) is 0 Å². The van der Waals surface area contributed by atoms with Gasteiger partial charge >= 0.3 is 11.9 Å². The number of hydrogen-bond acceptors (Lipinski definition) is 6. The van der Waals surface area contributed by atoms with E-state index < -0.39 is 23.8 Å². The Morgan fingerprint density at radius 3 is 1.54 bits per heavy atom. The molecule has 0 bridgehead atoms. The maximum absolute atomic E-state index is 11.5. The highest BCUT2D eigenvalue weighted by atomic mass is 32.2. The Morgan fingerprint density at radius 2 is 1.14 bits per heavy atom. The fourth-order valence-corrected chi connectivity index (χ4v) is 7.78. The Kier molecular flexibility index (Phi) is 4.39. The summed E-state index contributed by atoms with van der Waals surface area (Å²) in [5.41, 5.74) is 0. The normalized spacial score (nSPS) is 25.3. The van der Waals surface area contributed by atoms with Crippen LogP contribution in [0.4, 0.5) is 0 Å². The summed E-state index contributed by atoms with van der Waals surface area (Å²) in [6, 6.07) is 8.35. The lowest BCUT2D eigenvalue weighted by Gasteiger charge is -2.02. The third kappa shape index (κ3) is 2.91. The van der Waals surface area contributed by atoms with Crippen LogP contribution in [0.2, 0.25) is 0 Å². The first-order valence-electron chi connectivity index (χ1n) is 8.35. The number of carboxylic acids is 2. The highest BCUT2D eigenvalue weighted by Gasteiger charge is 2.26. The highest BCUT2D eigenvalue weighted by molar-refractivity contribution is 8.11. The van der Waals surface area contributed by atoms with Crippen LogP contribution in [0.15, 0.2) is 47.2 Å². The van der Waals surface area contributed by atoms with Crippen molar-refractivity contribution in [2.24, 2.45) is 11.8 Å². The Hall–Kier alpha value is -2.00. The second-order valence-corrected chi connectivity index (χ2v) is 10.5. The Labute approximate surface area is 175 Å². The minimum Gasteiger partial charge on any atom is -0.481 e. The lowest BCUT2D eigenvalue weighted by atomic mass is 10.1. The molecule has 2 unspecified atom stereocenters. The summed E-state index contributed by atoms with van der Waals surface area (Å²) in [7, 11) is 0. The van der Waals surface area contributed by atoms with Crippen molar-refractivity contribution < 1.29 is 19.8 Å². The number of rotatable bonds is 2. The highest BCUT2D eigenvalue weighted by Crippen LogP contribution is 2.38. The van der Waals surface area contributed by atoms with E-state index in [2.05, 4.69) is 24.3 Å². The summed E-state index contributed by atoms with van der Waals surface area (Å²) in [5.74, 6) is -2.79. The monoisotopic (exact) mass is 444 g/mol. The van der Waals surface area contributed by atoms with Gasteiger partial charge in [-0.05, 0) is 45.9 Å². The minimum absolute atomic E-state index is 0.568. The molecule has 5 rings (SSSR count). The van der Waals surface area contributed by atoms with Gasteiger partial charge in [0.2, 0.25) is 0 Å². The molecule has 2 atom stereocenters. The van der Waals surface area contributed by atoms with Gasteiger partial charge in [0.1, 0.15) is 11.8 Å². The lowest BCUT2D eigenvalue weighted by Crippen LogP contribution is -2.13. The zero-order chi connectivity index (χ0) is 19.4. The topological polar surface area (TPSA) is 74.6 Å². The molecule has 0 spiro atoms. The van der Waals surface area contributed by atoms with Crippen molar-refractivity contribution in [3.63, 3.8) is 0 Å². The standard InChI is InChI=1S/C20H12O4S4/c21-19(22)11-1-3-25-17(11)15-7-9-5-14-10(6-13(9)27-15)8-16(28-14)18-12(20(23)24)2-4-26-18/h1-8,11-12H,(H,21,22)(H,23,24). The quantitative estimate of drug-likeness (QED) is 0.615. The predicted octanol–water partition coefficient (Wildman–Crippen LogP) is 4.26. The van der Waals surface area contributed by atoms with Crippen molar-refractivity contribution in [2.45, 2.75) is 0 Å². The summed E-state index contributed by atoms with van der Waals surface area (Å²) >= 11 is 6.16. The van der Waals surface area contributed by atoms with Crippen molar-refractivity contribution in [3.8, 4) is 0 Å². The Morgan fingerprint density at radius 1 is 0.714 bits per heavy atom. The van der Waals surface area contributed by atoms with Gasteiger partial charge in [0.15, 0.2) is 0 Å². The Balaban J connectivity index is 1.66. The number of fused-ring (bicyclic) bond motifs is 2. The van der Waals surface area contributed by atoms with E-state index in [1.807, 2.05) is 10.8 Å². The van der Waals surface area contributed by atoms with Gasteiger partial charge < -0.3 is 10.2 Å². The van der Waals surface area contributed by atoms with E-state index in [1.54, 1.807) is 34.8 Å². The molecule has 0 radical (unpaired) electrons. The van der Waals surface area contributed by atoms with Crippen LogP contribution in [-0.2, 0) is 9.59 Å². The van der Waals surface area contributed by atoms with Crippen LogP contribution in [0.25, 0.3) is 30.0 Å². The molecule has 2 aliphatic heterocycles. The number of carbonyl (C=O) groups is 2. The first-order chi connectivity index (χ1) is 13.5. The smallest absolute Gasteiger partial charge is 0.315 e. The van der Waals surface area contributed by atoms with Gasteiger partial charge in [-0.3, -0.25) is 9.59 Å². The molecule has 2 N–H and O–H groups in total. The summed E-state index contributed by atoms with van der Waals surface area (Å²) in [6.45, 7) is 0. The average Bonchev–Trinajstić information content (AvgIpc) is 3.42. The molecule has 0 saturated heterocycles. The van der Waals surface area contributed by atoms with E-state index in [4.69, 9.17) is 0 Å². The molecule has 2 aliphatic rings. The van der Waals surface area contributed by atoms with Gasteiger partial charge in [0.05, 0.1) is 0 Å². The van der Waals surface area contributed by atoms with Gasteiger partial charge in [-0.1, -0.05) is 12.2 Å². The predicted molar refractivity (Wildman–Crippen MR) is 119 cm³/mol. The van der Waals surface area contributed by atoms with Crippen molar-refractivity contribution in [3.05, 3.63) is 56.3 Å². The van der Waals surface area contributed by atoms with Crippen LogP contribution in [0.3, 0.4) is 0 Å². The number of benzene rings is 1. The van der Waals surface area contributed by atoms with Crippen LogP contribution < -0.4 is 9.06 Å². The van der Waals surface area contributed by atoms with E-state index in [0.29, 0.717) is 0 Å². The summed E-state index contributed by atoms with van der Waals surface area (Å²) in [5, 5.41) is 24.7. The first-order valence-corrected chi connectivity index (χ1v) is 11.7. The van der Waals surface area contributed by atoms with Gasteiger partial charge in [-0.25, -0.2) is 0 Å². The van der Waals surface area contributed by atoms with Crippen LogP contribution in [0.1, 0.15) is 0 Å². The summed E-state index contributed by atoms with van der Waals surface area (Å²) < 4.78 is 4.19. The van der Waals surface area contributed by atoms with Gasteiger partial charge in [-0.15, -0.1) is 46.2 Å². The summed E-state index contributed by atoms with van der Waals surface area (Å²) in [4.78, 5) is 24.6. The third-order valence-corrected chi connectivity index (χ3v) is 9.23. The molecule has 0 fully saturated rings. The molecule has 4 nitrogen and oxygen atoms in total. The van der Waals surface area contributed by atoms with Crippen molar-refractivity contribution in [1.82, 2.24) is 0 Å². The molecule has 0 aliphatic carbocycles. The van der Waals surface area contributed by atoms with Gasteiger partial charge in [0.25, 0.3) is 0 Å². The van der Waals surface area contributed by atoms with Crippen LogP contribution in [0.5, 0.6) is 0 Å². The molecule has 140 valence electrons. The Bertz CT molecular complexity index is 1180. The van der Waals surface area contributed by atoms with Crippen LogP contribution in [-0.4, -0.2) is 22.2 Å². The first kappa shape index (κ1) is 18.1. The van der Waals surface area contributed by atoms with Crippen LogP contribution in [0, 0.1) is 11.8 Å². The van der Waals surface area contributed by atoms with Crippen LogP contribution >= 0.6 is 46.2 Å². The zero-order valence-electron chi connectivity index (χ0n) is 14.1. The maximum Gasteiger partial charge on any atom is 0.315 e. The fraction of sp³-hybridized carbons (Fsp3) is 0.100. The van der Waals surface area contributed by atoms with E-state index >= 15 is 0 Å². The lowest BCUT2D eigenvalue weighted by molar-refractivity contribution is -0.139. The molecule has 28 heavy (non-hydrogen) atoms. The minimum atomic E-state index is -0.827. The van der Waals surface area contributed by atoms with Crippen molar-refractivity contribution in [2.75, 3.05) is 0 Å². The number of aliphatic carboxylic acids is 2. The maximum atomic E-state index is 11.5. The van der Waals surface area contributed by atoms with E-state index in [9.17, 15) is 19.8 Å². The number of carboxylic acid groups (broad SMARTS) is 2. The zero-order valence-corrected chi connectivity index (χ0v) is 17.4. The number of thioether (sulfide) groups is 2. The SMILES string of the molecule is O=C(O)C1C=CSC1=c1cc2cc3sc(=C4SC=CC4C(=O)O)cc3cc2s1. The van der Waals surface area contributed by atoms with Crippen molar-refractivity contribution in [1.29, 1.82) is 0 Å². The van der Waals surface area contributed by atoms with E-state index in [-0.39, 0.29) is 0 Å².